The molecular weight excluding hydrogens is 479 g/mol. The number of aliphatic hydroxyl groups excluding tert-OH is 1. The van der Waals surface area contributed by atoms with Crippen LogP contribution < -0.4 is 19.1 Å². The molecule has 0 saturated carbocycles. The van der Waals surface area contributed by atoms with Gasteiger partial charge in [0.1, 0.15) is 23.0 Å². The number of alkyl halides is 3. The van der Waals surface area contributed by atoms with Crippen LogP contribution in [0.1, 0.15) is 17.2 Å². The van der Waals surface area contributed by atoms with Crippen LogP contribution in [0.2, 0.25) is 0 Å². The Hall–Kier alpha value is -4.47. The van der Waals surface area contributed by atoms with E-state index in [9.17, 15) is 27.9 Å². The number of halogens is 3. The van der Waals surface area contributed by atoms with E-state index in [0.29, 0.717) is 11.3 Å². The summed E-state index contributed by atoms with van der Waals surface area (Å²) in [7, 11) is 2.84. The van der Waals surface area contributed by atoms with Crippen molar-refractivity contribution in [1.29, 1.82) is 0 Å². The van der Waals surface area contributed by atoms with Crippen LogP contribution in [0.5, 0.6) is 17.2 Å². The number of carbonyl (C=O) groups is 2. The maximum Gasteiger partial charge on any atom is 0.573 e. The fourth-order valence-corrected chi connectivity index (χ4v) is 4.00. The summed E-state index contributed by atoms with van der Waals surface area (Å²) in [5.74, 6) is -2.22. The summed E-state index contributed by atoms with van der Waals surface area (Å²) in [5.41, 5.74) is 0.596. The summed E-state index contributed by atoms with van der Waals surface area (Å²) in [6.45, 7) is 0. The summed E-state index contributed by atoms with van der Waals surface area (Å²) < 4.78 is 52.1. The molecule has 1 N–H and O–H groups in total. The Morgan fingerprint density at radius 1 is 0.889 bits per heavy atom. The highest BCUT2D eigenvalue weighted by molar-refractivity contribution is 6.51. The van der Waals surface area contributed by atoms with Crippen LogP contribution in [0, 0.1) is 0 Å². The van der Waals surface area contributed by atoms with Crippen LogP contribution >= 0.6 is 0 Å². The number of ketones is 1. The third kappa shape index (κ3) is 4.70. The number of carbonyl (C=O) groups excluding carboxylic acids is 2. The van der Waals surface area contributed by atoms with E-state index in [1.807, 2.05) is 0 Å². The average molecular weight is 499 g/mol. The van der Waals surface area contributed by atoms with Gasteiger partial charge in [0.15, 0.2) is 0 Å². The van der Waals surface area contributed by atoms with Crippen molar-refractivity contribution in [2.24, 2.45) is 0 Å². The van der Waals surface area contributed by atoms with Crippen molar-refractivity contribution in [2.45, 2.75) is 12.4 Å². The molecule has 0 aromatic heterocycles. The third-order valence-corrected chi connectivity index (χ3v) is 5.57. The molecule has 4 rings (SSSR count). The van der Waals surface area contributed by atoms with E-state index in [-0.39, 0.29) is 22.6 Å². The smallest absolute Gasteiger partial charge is 0.507 e. The Bertz CT molecular complexity index is 1320. The van der Waals surface area contributed by atoms with E-state index in [0.717, 1.165) is 17.0 Å². The number of Topliss-reactive ketones (excluding diaryl/α,β-unsaturated/α-hetero) is 1. The standard InChI is InChI=1S/C26H20F3NO6/c1-34-18-12-13-19(20(14-18)35-2)23(31)21-22(15-6-4-3-5-7-15)30(25(33)24(21)32)16-8-10-17(11-9-16)36-26(27,28)29/h3-14,22,31H,1-2H3/b23-21-. The number of anilines is 1. The summed E-state index contributed by atoms with van der Waals surface area (Å²) in [6, 6.07) is 16.5. The number of methoxy groups -OCH3 is 2. The zero-order chi connectivity index (χ0) is 26.0. The normalized spacial score (nSPS) is 17.2. The molecule has 3 aromatic carbocycles. The Balaban J connectivity index is 1.87. The molecule has 1 atom stereocenters. The van der Waals surface area contributed by atoms with Crippen molar-refractivity contribution in [3.05, 3.63) is 89.5 Å². The zero-order valence-corrected chi connectivity index (χ0v) is 19.1. The van der Waals surface area contributed by atoms with Crippen LogP contribution in [0.15, 0.2) is 78.4 Å². The van der Waals surface area contributed by atoms with Gasteiger partial charge in [-0.05, 0) is 42.0 Å². The molecule has 1 fully saturated rings. The maximum atomic E-state index is 13.2. The molecule has 1 heterocycles. The van der Waals surface area contributed by atoms with Crippen molar-refractivity contribution in [3.63, 3.8) is 0 Å². The van der Waals surface area contributed by atoms with Crippen LogP contribution in [0.25, 0.3) is 5.76 Å². The van der Waals surface area contributed by atoms with Gasteiger partial charge in [-0.25, -0.2) is 0 Å². The molecule has 1 saturated heterocycles. The van der Waals surface area contributed by atoms with Gasteiger partial charge in [-0.2, -0.15) is 0 Å². The number of benzene rings is 3. The minimum atomic E-state index is -4.88. The second kappa shape index (κ2) is 9.65. The second-order valence-electron chi connectivity index (χ2n) is 7.69. The summed E-state index contributed by atoms with van der Waals surface area (Å²) in [4.78, 5) is 27.5. The molecule has 1 aliphatic rings. The summed E-state index contributed by atoms with van der Waals surface area (Å²) in [6.07, 6.45) is -4.88. The number of rotatable bonds is 6. The van der Waals surface area contributed by atoms with Gasteiger partial charge in [-0.15, -0.1) is 13.2 Å². The predicted octanol–water partition coefficient (Wildman–Crippen LogP) is 5.23. The van der Waals surface area contributed by atoms with Crippen molar-refractivity contribution in [3.8, 4) is 17.2 Å². The monoisotopic (exact) mass is 499 g/mol. The first-order valence-electron chi connectivity index (χ1n) is 10.6. The third-order valence-electron chi connectivity index (χ3n) is 5.57. The Kier molecular flexibility index (Phi) is 6.61. The van der Waals surface area contributed by atoms with Gasteiger partial charge < -0.3 is 19.3 Å². The molecule has 0 aliphatic carbocycles. The first-order valence-corrected chi connectivity index (χ1v) is 10.6. The van der Waals surface area contributed by atoms with Crippen LogP contribution in [0.4, 0.5) is 18.9 Å². The Morgan fingerprint density at radius 2 is 1.53 bits per heavy atom. The SMILES string of the molecule is COc1ccc(/C(O)=C2/C(=O)C(=O)N(c3ccc(OC(F)(F)F)cc3)C2c2ccccc2)c(OC)c1. The van der Waals surface area contributed by atoms with Gasteiger partial charge in [0.2, 0.25) is 0 Å². The molecule has 0 spiro atoms. The molecule has 186 valence electrons. The largest absolute Gasteiger partial charge is 0.573 e. The van der Waals surface area contributed by atoms with E-state index in [2.05, 4.69) is 4.74 Å². The van der Waals surface area contributed by atoms with Crippen molar-refractivity contribution in [1.82, 2.24) is 0 Å². The lowest BCUT2D eigenvalue weighted by molar-refractivity contribution is -0.274. The van der Waals surface area contributed by atoms with Crippen molar-refractivity contribution >= 4 is 23.1 Å². The first-order chi connectivity index (χ1) is 17.1. The summed E-state index contributed by atoms with van der Waals surface area (Å²) in [5, 5.41) is 11.3. The summed E-state index contributed by atoms with van der Waals surface area (Å²) >= 11 is 0. The number of hydrogen-bond donors (Lipinski definition) is 1. The first kappa shape index (κ1) is 24.6. The maximum absolute atomic E-state index is 13.2. The van der Waals surface area contributed by atoms with Gasteiger partial charge in [0.05, 0.1) is 31.4 Å². The van der Waals surface area contributed by atoms with Crippen molar-refractivity contribution in [2.75, 3.05) is 19.1 Å². The molecule has 1 aliphatic heterocycles. The fourth-order valence-electron chi connectivity index (χ4n) is 4.00. The number of amides is 1. The van der Waals surface area contributed by atoms with E-state index in [4.69, 9.17) is 9.47 Å². The Morgan fingerprint density at radius 3 is 2.11 bits per heavy atom. The molecule has 0 radical (unpaired) electrons. The number of hydrogen-bond acceptors (Lipinski definition) is 6. The Labute approximate surface area is 203 Å². The average Bonchev–Trinajstić information content (AvgIpc) is 3.13. The predicted molar refractivity (Wildman–Crippen MR) is 124 cm³/mol. The molecule has 7 nitrogen and oxygen atoms in total. The highest BCUT2D eigenvalue weighted by atomic mass is 19.4. The lowest BCUT2D eigenvalue weighted by Crippen LogP contribution is -2.29. The van der Waals surface area contributed by atoms with Crippen molar-refractivity contribution < 1.29 is 42.1 Å². The topological polar surface area (TPSA) is 85.3 Å². The van der Waals surface area contributed by atoms with E-state index in [1.54, 1.807) is 36.4 Å². The van der Waals surface area contributed by atoms with Crippen LogP contribution in [-0.4, -0.2) is 37.4 Å². The quantitative estimate of drug-likeness (QED) is 0.284. The molecule has 1 unspecified atom stereocenters. The van der Waals surface area contributed by atoms with Gasteiger partial charge in [-0.1, -0.05) is 30.3 Å². The highest BCUT2D eigenvalue weighted by Gasteiger charge is 2.47. The van der Waals surface area contributed by atoms with Gasteiger partial charge in [0.25, 0.3) is 11.7 Å². The highest BCUT2D eigenvalue weighted by Crippen LogP contribution is 2.44. The molecule has 3 aromatic rings. The van der Waals surface area contributed by atoms with Gasteiger partial charge in [0, 0.05) is 11.8 Å². The lowest BCUT2D eigenvalue weighted by atomic mass is 9.95. The molecule has 10 heteroatoms. The van der Waals surface area contributed by atoms with Crippen LogP contribution in [-0.2, 0) is 9.59 Å². The van der Waals surface area contributed by atoms with Gasteiger partial charge >= 0.3 is 6.36 Å². The molecule has 1 amide bonds. The minimum absolute atomic E-state index is 0.140. The van der Waals surface area contributed by atoms with Gasteiger partial charge in [-0.3, -0.25) is 14.5 Å². The molecule has 36 heavy (non-hydrogen) atoms. The van der Waals surface area contributed by atoms with E-state index < -0.39 is 35.6 Å². The second-order valence-corrected chi connectivity index (χ2v) is 7.69. The van der Waals surface area contributed by atoms with E-state index in [1.165, 1.54) is 38.5 Å². The minimum Gasteiger partial charge on any atom is -0.507 e. The fraction of sp³-hybridized carbons (Fsp3) is 0.154. The number of aliphatic hydroxyl groups is 1. The number of ether oxygens (including phenoxy) is 3. The van der Waals surface area contributed by atoms with E-state index >= 15 is 0 Å². The lowest BCUT2D eigenvalue weighted by Gasteiger charge is -2.25. The zero-order valence-electron chi connectivity index (χ0n) is 19.1. The van der Waals surface area contributed by atoms with Crippen LogP contribution in [0.3, 0.4) is 0 Å². The number of nitrogens with zero attached hydrogens (tertiary/aromatic N) is 1. The molecular formula is C26H20F3NO6. The molecule has 0 bridgehead atoms.